The number of carboxylic acids is 1. The maximum absolute atomic E-state index is 12.7. The van der Waals surface area contributed by atoms with Crippen LogP contribution in [0, 0.1) is 0 Å². The van der Waals surface area contributed by atoms with E-state index in [0.29, 0.717) is 5.71 Å². The number of aliphatic imine (C=N–C) groups is 1. The van der Waals surface area contributed by atoms with Crippen molar-refractivity contribution in [2.24, 2.45) is 4.99 Å². The second-order valence-electron chi connectivity index (χ2n) is 4.87. The minimum Gasteiger partial charge on any atom is -0.481 e. The maximum atomic E-state index is 12.7. The first-order chi connectivity index (χ1) is 10.7. The Hall–Kier alpha value is -2.95. The van der Waals surface area contributed by atoms with Crippen LogP contribution in [0.5, 0.6) is 0 Å². The number of para-hydroxylation sites is 2. The molecule has 2 aromatic rings. The van der Waals surface area contributed by atoms with Crippen LogP contribution in [0.3, 0.4) is 0 Å². The highest BCUT2D eigenvalue weighted by atomic mass is 16.4. The summed E-state index contributed by atoms with van der Waals surface area (Å²) in [6.07, 6.45) is -0.0930. The fourth-order valence-electron chi connectivity index (χ4n) is 2.45. The average Bonchev–Trinajstić information content (AvgIpc) is 2.80. The molecule has 0 aromatic heterocycles. The van der Waals surface area contributed by atoms with Crippen molar-refractivity contribution in [3.8, 4) is 0 Å². The minimum atomic E-state index is -0.928. The predicted octanol–water partition coefficient (Wildman–Crippen LogP) is 2.63. The molecule has 0 atom stereocenters. The molecule has 5 heteroatoms. The Balaban J connectivity index is 2.02. The van der Waals surface area contributed by atoms with E-state index in [-0.39, 0.29) is 18.9 Å². The first-order valence-electron chi connectivity index (χ1n) is 6.93. The Kier molecular flexibility index (Phi) is 3.70. The average molecular weight is 294 g/mol. The first kappa shape index (κ1) is 14.0. The lowest BCUT2D eigenvalue weighted by Crippen LogP contribution is -2.25. The molecule has 110 valence electrons. The molecule has 1 N–H and O–H groups in total. The smallest absolute Gasteiger partial charge is 0.305 e. The molecule has 1 heterocycles. The molecule has 0 radical (unpaired) electrons. The number of anilines is 2. The van der Waals surface area contributed by atoms with Crippen molar-refractivity contribution in [2.45, 2.75) is 6.42 Å². The van der Waals surface area contributed by atoms with Crippen molar-refractivity contribution >= 4 is 29.0 Å². The van der Waals surface area contributed by atoms with Crippen LogP contribution in [-0.4, -0.2) is 29.2 Å². The molecule has 1 aliphatic heterocycles. The Morgan fingerprint density at radius 1 is 1.05 bits per heavy atom. The van der Waals surface area contributed by atoms with Gasteiger partial charge in [-0.2, -0.15) is 0 Å². The largest absolute Gasteiger partial charge is 0.481 e. The highest BCUT2D eigenvalue weighted by Crippen LogP contribution is 2.35. The summed E-state index contributed by atoms with van der Waals surface area (Å²) in [7, 11) is 0. The van der Waals surface area contributed by atoms with Crippen LogP contribution >= 0.6 is 0 Å². The van der Waals surface area contributed by atoms with Crippen LogP contribution in [0.15, 0.2) is 59.6 Å². The summed E-state index contributed by atoms with van der Waals surface area (Å²) in [4.78, 5) is 29.1. The van der Waals surface area contributed by atoms with Gasteiger partial charge in [-0.1, -0.05) is 36.4 Å². The van der Waals surface area contributed by atoms with E-state index in [2.05, 4.69) is 4.99 Å². The van der Waals surface area contributed by atoms with Gasteiger partial charge in [0.05, 0.1) is 18.7 Å². The standard InChI is InChI=1S/C17H14N2O3/c20-15(21)10-11-18-16-13-8-4-5-9-14(13)19(17(16)22)12-6-2-1-3-7-12/h1-9H,10-11H2,(H,20,21). The van der Waals surface area contributed by atoms with Crippen molar-refractivity contribution in [1.29, 1.82) is 0 Å². The Morgan fingerprint density at radius 3 is 2.45 bits per heavy atom. The minimum absolute atomic E-state index is 0.0906. The molecule has 2 aromatic carbocycles. The lowest BCUT2D eigenvalue weighted by molar-refractivity contribution is -0.136. The molecule has 1 amide bonds. The third kappa shape index (κ3) is 2.48. The van der Waals surface area contributed by atoms with E-state index in [0.717, 1.165) is 16.9 Å². The van der Waals surface area contributed by atoms with E-state index >= 15 is 0 Å². The number of nitrogens with zero attached hydrogens (tertiary/aromatic N) is 2. The highest BCUT2D eigenvalue weighted by Gasteiger charge is 2.34. The van der Waals surface area contributed by atoms with Crippen molar-refractivity contribution in [2.75, 3.05) is 11.4 Å². The van der Waals surface area contributed by atoms with Crippen molar-refractivity contribution in [1.82, 2.24) is 0 Å². The monoisotopic (exact) mass is 294 g/mol. The molecule has 5 nitrogen and oxygen atoms in total. The van der Waals surface area contributed by atoms with Crippen molar-refractivity contribution in [3.05, 3.63) is 60.2 Å². The molecule has 0 spiro atoms. The lowest BCUT2D eigenvalue weighted by Gasteiger charge is -2.16. The van der Waals surface area contributed by atoms with Gasteiger partial charge in [-0.25, -0.2) is 0 Å². The highest BCUT2D eigenvalue weighted by molar-refractivity contribution is 6.55. The summed E-state index contributed by atoms with van der Waals surface area (Å²) in [5, 5.41) is 8.71. The molecule has 22 heavy (non-hydrogen) atoms. The van der Waals surface area contributed by atoms with Gasteiger partial charge in [-0.15, -0.1) is 0 Å². The number of benzene rings is 2. The predicted molar refractivity (Wildman–Crippen MR) is 83.7 cm³/mol. The van der Waals surface area contributed by atoms with E-state index < -0.39 is 5.97 Å². The third-order valence-electron chi connectivity index (χ3n) is 3.42. The zero-order valence-electron chi connectivity index (χ0n) is 11.8. The topological polar surface area (TPSA) is 70.0 Å². The summed E-state index contributed by atoms with van der Waals surface area (Å²) in [6.45, 7) is 0.0906. The number of amides is 1. The summed E-state index contributed by atoms with van der Waals surface area (Å²) in [5.74, 6) is -1.15. The molecule has 0 saturated heterocycles. The van der Waals surface area contributed by atoms with Crippen LogP contribution < -0.4 is 4.90 Å². The third-order valence-corrected chi connectivity index (χ3v) is 3.42. The van der Waals surface area contributed by atoms with Crippen LogP contribution in [0.4, 0.5) is 11.4 Å². The van der Waals surface area contributed by atoms with Crippen molar-refractivity contribution in [3.63, 3.8) is 0 Å². The first-order valence-corrected chi connectivity index (χ1v) is 6.93. The molecule has 0 aliphatic carbocycles. The van der Waals surface area contributed by atoms with Gasteiger partial charge in [0.2, 0.25) is 0 Å². The van der Waals surface area contributed by atoms with E-state index in [9.17, 15) is 9.59 Å². The summed E-state index contributed by atoms with van der Waals surface area (Å²) in [6, 6.07) is 16.7. The Bertz CT molecular complexity index is 754. The van der Waals surface area contributed by atoms with Crippen LogP contribution in [0.25, 0.3) is 0 Å². The van der Waals surface area contributed by atoms with Gasteiger partial charge >= 0.3 is 5.97 Å². The molecule has 0 saturated carbocycles. The fraction of sp³-hybridized carbons (Fsp3) is 0.118. The van der Waals surface area contributed by atoms with Gasteiger partial charge in [0, 0.05) is 11.3 Å². The summed E-state index contributed by atoms with van der Waals surface area (Å²) < 4.78 is 0. The molecule has 0 fully saturated rings. The lowest BCUT2D eigenvalue weighted by atomic mass is 10.1. The van der Waals surface area contributed by atoms with Crippen LogP contribution in [0.2, 0.25) is 0 Å². The number of carbonyl (C=O) groups is 2. The number of hydrogen-bond acceptors (Lipinski definition) is 3. The van der Waals surface area contributed by atoms with E-state index in [1.165, 1.54) is 0 Å². The van der Waals surface area contributed by atoms with Gasteiger partial charge in [-0.05, 0) is 18.2 Å². The van der Waals surface area contributed by atoms with Crippen LogP contribution in [0.1, 0.15) is 12.0 Å². The quantitative estimate of drug-likeness (QED) is 0.942. The van der Waals surface area contributed by atoms with Crippen LogP contribution in [-0.2, 0) is 9.59 Å². The number of carboxylic acid groups (broad SMARTS) is 1. The van der Waals surface area contributed by atoms with E-state index in [4.69, 9.17) is 5.11 Å². The number of hydrogen-bond donors (Lipinski definition) is 1. The van der Waals surface area contributed by atoms with Gasteiger partial charge in [0.25, 0.3) is 5.91 Å². The molecule has 1 aliphatic rings. The number of rotatable bonds is 4. The second kappa shape index (κ2) is 5.81. The normalized spacial score (nSPS) is 15.2. The fourth-order valence-corrected chi connectivity index (χ4v) is 2.45. The van der Waals surface area contributed by atoms with Gasteiger partial charge in [0.1, 0.15) is 5.71 Å². The number of fused-ring (bicyclic) bond motifs is 1. The van der Waals surface area contributed by atoms with Crippen molar-refractivity contribution < 1.29 is 14.7 Å². The molecular weight excluding hydrogens is 280 g/mol. The molecular formula is C17H14N2O3. The van der Waals surface area contributed by atoms with Gasteiger partial charge < -0.3 is 5.11 Å². The maximum Gasteiger partial charge on any atom is 0.305 e. The number of aliphatic carboxylic acids is 1. The summed E-state index contributed by atoms with van der Waals surface area (Å²) in [5.41, 5.74) is 2.60. The van der Waals surface area contributed by atoms with E-state index in [1.807, 2.05) is 54.6 Å². The molecule has 0 unspecified atom stereocenters. The zero-order chi connectivity index (χ0) is 15.5. The molecule has 3 rings (SSSR count). The van der Waals surface area contributed by atoms with Gasteiger partial charge in [0.15, 0.2) is 0 Å². The second-order valence-corrected chi connectivity index (χ2v) is 4.87. The van der Waals surface area contributed by atoms with E-state index in [1.54, 1.807) is 4.90 Å². The van der Waals surface area contributed by atoms with Gasteiger partial charge in [-0.3, -0.25) is 19.5 Å². The SMILES string of the molecule is O=C(O)CCN=C1C(=O)N(c2ccccc2)c2ccccc21. The number of carbonyl (C=O) groups excluding carboxylic acids is 1. The molecule has 0 bridgehead atoms. The Labute approximate surface area is 127 Å². The Morgan fingerprint density at radius 2 is 1.73 bits per heavy atom. The zero-order valence-corrected chi connectivity index (χ0v) is 11.8. The summed E-state index contributed by atoms with van der Waals surface area (Å²) >= 11 is 0.